The third-order valence-electron chi connectivity index (χ3n) is 3.78. The Bertz CT molecular complexity index is 635. The SMILES string of the molecule is CC(=O)Cc1cc(C)n(-c2ccccc2C(C)C)c1C. The highest BCUT2D eigenvalue weighted by atomic mass is 16.1. The zero-order chi connectivity index (χ0) is 14.9. The van der Waals surface area contributed by atoms with Crippen molar-refractivity contribution in [2.24, 2.45) is 0 Å². The zero-order valence-electron chi connectivity index (χ0n) is 13.0. The van der Waals surface area contributed by atoms with Gasteiger partial charge in [-0.15, -0.1) is 0 Å². The normalized spacial score (nSPS) is 11.1. The molecular weight excluding hydrogens is 246 g/mol. The van der Waals surface area contributed by atoms with E-state index in [1.807, 2.05) is 0 Å². The standard InChI is InChI=1S/C18H23NO/c1-12(2)17-8-6-7-9-18(17)19-13(3)10-16(15(19)5)11-14(4)20/h6-10,12H,11H2,1-5H3. The molecule has 2 nitrogen and oxygen atoms in total. The van der Waals surface area contributed by atoms with Crippen LogP contribution in [0.5, 0.6) is 0 Å². The van der Waals surface area contributed by atoms with Crippen LogP contribution in [0.4, 0.5) is 0 Å². The molecule has 2 rings (SSSR count). The number of Topliss-reactive ketones (excluding diaryl/α,β-unsaturated/α-hetero) is 1. The van der Waals surface area contributed by atoms with Crippen LogP contribution in [0, 0.1) is 13.8 Å². The third-order valence-corrected chi connectivity index (χ3v) is 3.78. The maximum Gasteiger partial charge on any atom is 0.134 e. The number of nitrogens with zero attached hydrogens (tertiary/aromatic N) is 1. The lowest BCUT2D eigenvalue weighted by atomic mass is 10.0. The fourth-order valence-electron chi connectivity index (χ4n) is 2.83. The Hall–Kier alpha value is -1.83. The van der Waals surface area contributed by atoms with Gasteiger partial charge in [-0.2, -0.15) is 0 Å². The van der Waals surface area contributed by atoms with Gasteiger partial charge in [-0.1, -0.05) is 32.0 Å². The summed E-state index contributed by atoms with van der Waals surface area (Å²) in [4.78, 5) is 11.4. The van der Waals surface area contributed by atoms with Crippen molar-refractivity contribution in [2.75, 3.05) is 0 Å². The molecule has 0 aliphatic heterocycles. The molecule has 0 amide bonds. The summed E-state index contributed by atoms with van der Waals surface area (Å²) in [5.41, 5.74) is 6.06. The van der Waals surface area contributed by atoms with Crippen LogP contribution in [0.15, 0.2) is 30.3 Å². The minimum atomic E-state index is 0.211. The molecule has 0 N–H and O–H groups in total. The smallest absolute Gasteiger partial charge is 0.134 e. The summed E-state index contributed by atoms with van der Waals surface area (Å²) < 4.78 is 2.27. The van der Waals surface area contributed by atoms with Gasteiger partial charge >= 0.3 is 0 Å². The van der Waals surface area contributed by atoms with Crippen LogP contribution < -0.4 is 0 Å². The zero-order valence-corrected chi connectivity index (χ0v) is 13.0. The first-order chi connectivity index (χ1) is 9.41. The second-order valence-electron chi connectivity index (χ2n) is 5.82. The molecule has 0 atom stereocenters. The van der Waals surface area contributed by atoms with Gasteiger partial charge in [0.15, 0.2) is 0 Å². The van der Waals surface area contributed by atoms with Crippen molar-refractivity contribution >= 4 is 5.78 Å². The summed E-state index contributed by atoms with van der Waals surface area (Å²) in [6, 6.07) is 10.6. The Morgan fingerprint density at radius 2 is 1.85 bits per heavy atom. The van der Waals surface area contributed by atoms with Crippen molar-refractivity contribution in [1.29, 1.82) is 0 Å². The Balaban J connectivity index is 2.59. The van der Waals surface area contributed by atoms with Crippen LogP contribution in [-0.2, 0) is 11.2 Å². The number of carbonyl (C=O) groups is 1. The van der Waals surface area contributed by atoms with Crippen LogP contribution in [0.3, 0.4) is 0 Å². The summed E-state index contributed by atoms with van der Waals surface area (Å²) >= 11 is 0. The van der Waals surface area contributed by atoms with Crippen molar-refractivity contribution in [3.05, 3.63) is 52.8 Å². The Morgan fingerprint density at radius 3 is 2.45 bits per heavy atom. The minimum absolute atomic E-state index is 0.211. The highest BCUT2D eigenvalue weighted by Crippen LogP contribution is 2.27. The largest absolute Gasteiger partial charge is 0.318 e. The first kappa shape index (κ1) is 14.6. The fourth-order valence-corrected chi connectivity index (χ4v) is 2.83. The summed E-state index contributed by atoms with van der Waals surface area (Å²) in [6.07, 6.45) is 0.517. The van der Waals surface area contributed by atoms with Crippen molar-refractivity contribution in [3.63, 3.8) is 0 Å². The van der Waals surface area contributed by atoms with Gasteiger partial charge in [-0.05, 0) is 49.9 Å². The Labute approximate surface area is 121 Å². The maximum absolute atomic E-state index is 11.4. The molecule has 2 aromatic rings. The van der Waals surface area contributed by atoms with Crippen LogP contribution >= 0.6 is 0 Å². The molecule has 20 heavy (non-hydrogen) atoms. The van der Waals surface area contributed by atoms with Gasteiger partial charge in [-0.3, -0.25) is 4.79 Å². The number of aryl methyl sites for hydroxylation is 1. The molecule has 1 aromatic heterocycles. The molecule has 1 heterocycles. The lowest BCUT2D eigenvalue weighted by Gasteiger charge is -2.17. The molecule has 106 valence electrons. The van der Waals surface area contributed by atoms with E-state index in [0.29, 0.717) is 12.3 Å². The molecule has 0 fully saturated rings. The number of para-hydroxylation sites is 1. The summed E-state index contributed by atoms with van der Waals surface area (Å²) in [5, 5.41) is 0. The van der Waals surface area contributed by atoms with Crippen molar-refractivity contribution < 1.29 is 4.79 Å². The van der Waals surface area contributed by atoms with E-state index in [0.717, 1.165) is 5.56 Å². The van der Waals surface area contributed by atoms with Gasteiger partial charge in [0.1, 0.15) is 5.78 Å². The molecule has 0 saturated carbocycles. The van der Waals surface area contributed by atoms with Gasteiger partial charge in [0.05, 0.1) is 0 Å². The topological polar surface area (TPSA) is 22.0 Å². The molecule has 0 saturated heterocycles. The molecule has 2 heteroatoms. The molecule has 0 aliphatic rings. The fraction of sp³-hybridized carbons (Fsp3) is 0.389. The van der Waals surface area contributed by atoms with E-state index in [1.54, 1.807) is 6.92 Å². The number of hydrogen-bond donors (Lipinski definition) is 0. The number of rotatable bonds is 4. The van der Waals surface area contributed by atoms with Gasteiger partial charge < -0.3 is 4.57 Å². The van der Waals surface area contributed by atoms with Crippen LogP contribution in [0.1, 0.15) is 49.2 Å². The van der Waals surface area contributed by atoms with E-state index in [-0.39, 0.29) is 5.78 Å². The molecule has 0 bridgehead atoms. The monoisotopic (exact) mass is 269 g/mol. The molecule has 0 radical (unpaired) electrons. The highest BCUT2D eigenvalue weighted by molar-refractivity contribution is 5.78. The average molecular weight is 269 g/mol. The van der Waals surface area contributed by atoms with E-state index in [9.17, 15) is 4.79 Å². The summed E-state index contributed by atoms with van der Waals surface area (Å²) in [5.74, 6) is 0.686. The Morgan fingerprint density at radius 1 is 1.20 bits per heavy atom. The van der Waals surface area contributed by atoms with E-state index >= 15 is 0 Å². The molecule has 0 unspecified atom stereocenters. The molecular formula is C18H23NO. The second-order valence-corrected chi connectivity index (χ2v) is 5.82. The lowest BCUT2D eigenvalue weighted by Crippen LogP contribution is -2.05. The quantitative estimate of drug-likeness (QED) is 0.809. The maximum atomic E-state index is 11.4. The minimum Gasteiger partial charge on any atom is -0.318 e. The van der Waals surface area contributed by atoms with Crippen molar-refractivity contribution in [2.45, 2.75) is 47.0 Å². The number of carbonyl (C=O) groups excluding carboxylic acids is 1. The van der Waals surface area contributed by atoms with Gasteiger partial charge in [-0.25, -0.2) is 0 Å². The molecule has 1 aromatic carbocycles. The second kappa shape index (κ2) is 5.66. The third kappa shape index (κ3) is 2.69. The van der Waals surface area contributed by atoms with E-state index in [2.05, 4.69) is 62.6 Å². The predicted molar refractivity (Wildman–Crippen MR) is 83.7 cm³/mol. The van der Waals surface area contributed by atoms with Gasteiger partial charge in [0, 0.05) is 23.5 Å². The van der Waals surface area contributed by atoms with Crippen molar-refractivity contribution in [3.8, 4) is 5.69 Å². The summed E-state index contributed by atoms with van der Waals surface area (Å²) in [7, 11) is 0. The van der Waals surface area contributed by atoms with E-state index in [4.69, 9.17) is 0 Å². The average Bonchev–Trinajstić information content (AvgIpc) is 2.63. The first-order valence-corrected chi connectivity index (χ1v) is 7.18. The lowest BCUT2D eigenvalue weighted by molar-refractivity contribution is -0.116. The molecule has 0 spiro atoms. The van der Waals surface area contributed by atoms with Crippen LogP contribution in [0.25, 0.3) is 5.69 Å². The number of ketones is 1. The number of benzene rings is 1. The summed E-state index contributed by atoms with van der Waals surface area (Å²) in [6.45, 7) is 10.3. The van der Waals surface area contributed by atoms with Crippen LogP contribution in [-0.4, -0.2) is 10.4 Å². The first-order valence-electron chi connectivity index (χ1n) is 7.18. The number of hydrogen-bond acceptors (Lipinski definition) is 1. The predicted octanol–water partition coefficient (Wildman–Crippen LogP) is 4.35. The van der Waals surface area contributed by atoms with Crippen molar-refractivity contribution in [1.82, 2.24) is 4.57 Å². The Kier molecular flexibility index (Phi) is 4.12. The number of aromatic nitrogens is 1. The van der Waals surface area contributed by atoms with Crippen LogP contribution in [0.2, 0.25) is 0 Å². The van der Waals surface area contributed by atoms with Gasteiger partial charge in [0.25, 0.3) is 0 Å². The van der Waals surface area contributed by atoms with Gasteiger partial charge in [0.2, 0.25) is 0 Å². The van der Waals surface area contributed by atoms with E-state index in [1.165, 1.54) is 22.6 Å². The highest BCUT2D eigenvalue weighted by Gasteiger charge is 2.15. The van der Waals surface area contributed by atoms with E-state index < -0.39 is 0 Å². The molecule has 0 aliphatic carbocycles.